The van der Waals surface area contributed by atoms with E-state index in [0.29, 0.717) is 22.9 Å². The van der Waals surface area contributed by atoms with Crippen LogP contribution in [0.15, 0.2) is 42.6 Å². The monoisotopic (exact) mass is 540 g/mol. The van der Waals surface area contributed by atoms with Gasteiger partial charge < -0.3 is 15.2 Å². The van der Waals surface area contributed by atoms with E-state index in [2.05, 4.69) is 22.0 Å². The summed E-state index contributed by atoms with van der Waals surface area (Å²) >= 11 is 12.4. The van der Waals surface area contributed by atoms with Crippen molar-refractivity contribution in [2.24, 2.45) is 0 Å². The van der Waals surface area contributed by atoms with E-state index in [-0.39, 0.29) is 16.4 Å². The van der Waals surface area contributed by atoms with E-state index in [4.69, 9.17) is 43.7 Å². The third kappa shape index (κ3) is 5.19. The number of nitrogens with zero attached hydrogens (tertiary/aromatic N) is 3. The highest BCUT2D eigenvalue weighted by atomic mass is 35.5. The lowest BCUT2D eigenvalue weighted by Gasteiger charge is -2.44. The highest BCUT2D eigenvalue weighted by molar-refractivity contribution is 6.36. The number of nitrogens with two attached hydrogens (primary N) is 1. The molecule has 0 amide bonds. The molecule has 37 heavy (non-hydrogen) atoms. The third-order valence-corrected chi connectivity index (χ3v) is 8.02. The highest BCUT2D eigenvalue weighted by Gasteiger charge is 2.39. The van der Waals surface area contributed by atoms with Crippen LogP contribution in [0.2, 0.25) is 10.0 Å². The van der Waals surface area contributed by atoms with Crippen LogP contribution in [0, 0.1) is 17.1 Å². The van der Waals surface area contributed by atoms with Crippen molar-refractivity contribution in [1.82, 2.24) is 9.88 Å². The highest BCUT2D eigenvalue weighted by Crippen LogP contribution is 2.42. The maximum absolute atomic E-state index is 14.0. The van der Waals surface area contributed by atoms with Gasteiger partial charge in [-0.25, -0.2) is 9.37 Å². The maximum Gasteiger partial charge on any atom is 0.166 e. The molecule has 0 bridgehead atoms. The van der Waals surface area contributed by atoms with Crippen LogP contribution in [0.4, 0.5) is 10.2 Å². The Morgan fingerprint density at radius 3 is 2.73 bits per heavy atom. The van der Waals surface area contributed by atoms with Gasteiger partial charge in [-0.05, 0) is 74.1 Å². The summed E-state index contributed by atoms with van der Waals surface area (Å²) in [6.45, 7) is 3.96. The number of nitriles is 1. The molecular weight excluding hydrogens is 514 g/mol. The van der Waals surface area contributed by atoms with Gasteiger partial charge in [-0.2, -0.15) is 5.26 Å². The molecule has 1 saturated heterocycles. The Morgan fingerprint density at radius 1 is 1.19 bits per heavy atom. The number of halogens is 3. The van der Waals surface area contributed by atoms with Gasteiger partial charge in [0.25, 0.3) is 0 Å². The molecule has 0 radical (unpaired) electrons. The number of hydrogen-bond donors (Lipinski definition) is 1. The van der Waals surface area contributed by atoms with Gasteiger partial charge in [-0.15, -0.1) is 0 Å². The number of anilines is 1. The quantitative estimate of drug-likeness (QED) is 0.290. The van der Waals surface area contributed by atoms with Gasteiger partial charge in [-0.1, -0.05) is 29.3 Å². The van der Waals surface area contributed by atoms with Gasteiger partial charge >= 0.3 is 0 Å². The van der Waals surface area contributed by atoms with Crippen LogP contribution in [-0.4, -0.2) is 35.1 Å². The minimum Gasteiger partial charge on any atom is -0.487 e. The van der Waals surface area contributed by atoms with Gasteiger partial charge in [0.1, 0.15) is 23.3 Å². The number of aromatic nitrogens is 1. The van der Waals surface area contributed by atoms with Crippen LogP contribution >= 0.6 is 23.2 Å². The number of hydrogen-bond acceptors (Lipinski definition) is 6. The van der Waals surface area contributed by atoms with E-state index in [0.717, 1.165) is 61.2 Å². The van der Waals surface area contributed by atoms with Crippen molar-refractivity contribution in [3.8, 4) is 28.7 Å². The number of rotatable bonds is 5. The predicted molar refractivity (Wildman–Crippen MR) is 143 cm³/mol. The fraction of sp³-hybridized carbons (Fsp3) is 0.357. The maximum atomic E-state index is 14.0. The zero-order valence-corrected chi connectivity index (χ0v) is 21.9. The molecule has 2 aliphatic heterocycles. The molecule has 2 aromatic carbocycles. The van der Waals surface area contributed by atoms with Crippen molar-refractivity contribution in [2.75, 3.05) is 25.4 Å². The molecule has 192 valence electrons. The average Bonchev–Trinajstić information content (AvgIpc) is 2.89. The van der Waals surface area contributed by atoms with Crippen molar-refractivity contribution >= 4 is 29.0 Å². The summed E-state index contributed by atoms with van der Waals surface area (Å²) in [5.74, 6) is 0.915. The molecule has 3 heterocycles. The van der Waals surface area contributed by atoms with Crippen molar-refractivity contribution < 1.29 is 13.9 Å². The first-order valence-electron chi connectivity index (χ1n) is 12.3. The average molecular weight is 541 g/mol. The second kappa shape index (κ2) is 10.4. The molecule has 2 aliphatic rings. The summed E-state index contributed by atoms with van der Waals surface area (Å²) in [6, 6.07) is 12.9. The summed E-state index contributed by atoms with van der Waals surface area (Å²) in [5.41, 5.74) is 9.25. The van der Waals surface area contributed by atoms with Crippen LogP contribution in [0.1, 0.15) is 43.4 Å². The van der Waals surface area contributed by atoms with Crippen LogP contribution in [0.5, 0.6) is 11.5 Å². The van der Waals surface area contributed by atoms with E-state index in [1.165, 1.54) is 12.1 Å². The molecule has 1 fully saturated rings. The molecule has 6 nitrogen and oxygen atoms in total. The zero-order chi connectivity index (χ0) is 26.2. The normalized spacial score (nSPS) is 17.5. The van der Waals surface area contributed by atoms with Crippen LogP contribution in [0.25, 0.3) is 11.1 Å². The van der Waals surface area contributed by atoms with Gasteiger partial charge in [0.05, 0.1) is 17.6 Å². The number of nitrogen functional groups attached to an aromatic ring is 1. The lowest BCUT2D eigenvalue weighted by atomic mass is 9.82. The Kier molecular flexibility index (Phi) is 7.17. The molecule has 0 unspecified atom stereocenters. The summed E-state index contributed by atoms with van der Waals surface area (Å²) in [7, 11) is 0. The zero-order valence-electron chi connectivity index (χ0n) is 20.4. The summed E-state index contributed by atoms with van der Waals surface area (Å²) < 4.78 is 26.6. The topological polar surface area (TPSA) is 84.4 Å². The molecule has 5 rings (SSSR count). The van der Waals surface area contributed by atoms with E-state index in [9.17, 15) is 4.39 Å². The SMILES string of the molecule is C[C@@H](Oc1cc(-c2ccc3c(c2)CCC2(CCN(CC#N)CC2)O3)cnc1N)c1c(Cl)ccc(F)c1Cl. The van der Waals surface area contributed by atoms with Gasteiger partial charge in [-0.3, -0.25) is 4.90 Å². The van der Waals surface area contributed by atoms with Gasteiger partial charge in [0.15, 0.2) is 11.6 Å². The first-order chi connectivity index (χ1) is 17.8. The molecule has 9 heteroatoms. The van der Waals surface area contributed by atoms with Gasteiger partial charge in [0.2, 0.25) is 0 Å². The Hall–Kier alpha value is -3.05. The molecular formula is C28H27Cl2FN4O2. The molecule has 1 spiro atoms. The van der Waals surface area contributed by atoms with Crippen molar-refractivity contribution in [3.05, 3.63) is 69.6 Å². The number of pyridine rings is 1. The molecule has 0 aliphatic carbocycles. The molecule has 0 saturated carbocycles. The second-order valence-electron chi connectivity index (χ2n) is 9.67. The van der Waals surface area contributed by atoms with Crippen LogP contribution in [-0.2, 0) is 6.42 Å². The van der Waals surface area contributed by atoms with Crippen molar-refractivity contribution in [2.45, 2.75) is 44.3 Å². The Labute approximate surface area is 225 Å². The number of piperidine rings is 1. The van der Waals surface area contributed by atoms with Crippen molar-refractivity contribution in [1.29, 1.82) is 5.26 Å². The predicted octanol–water partition coefficient (Wildman–Crippen LogP) is 6.60. The Balaban J connectivity index is 1.35. The second-order valence-corrected chi connectivity index (χ2v) is 10.5. The van der Waals surface area contributed by atoms with Crippen LogP contribution < -0.4 is 15.2 Å². The van der Waals surface area contributed by atoms with Gasteiger partial charge in [0, 0.05) is 35.4 Å². The summed E-state index contributed by atoms with van der Waals surface area (Å²) in [5, 5.41) is 9.20. The smallest absolute Gasteiger partial charge is 0.166 e. The number of benzene rings is 2. The first kappa shape index (κ1) is 25.6. The van der Waals surface area contributed by atoms with E-state index in [1.807, 2.05) is 18.2 Å². The number of likely N-dealkylation sites (tertiary alicyclic amines) is 1. The fourth-order valence-corrected chi connectivity index (χ4v) is 5.82. The Morgan fingerprint density at radius 2 is 1.97 bits per heavy atom. The summed E-state index contributed by atoms with van der Waals surface area (Å²) in [6.07, 6.45) is 4.77. The Bertz CT molecular complexity index is 1370. The lowest BCUT2D eigenvalue weighted by Crippen LogP contribution is -2.49. The molecule has 1 aromatic heterocycles. The number of ether oxygens (including phenoxy) is 2. The lowest BCUT2D eigenvalue weighted by molar-refractivity contribution is -0.0115. The number of fused-ring (bicyclic) bond motifs is 1. The first-order valence-corrected chi connectivity index (χ1v) is 13.0. The van der Waals surface area contributed by atoms with E-state index in [1.54, 1.807) is 13.1 Å². The molecule has 2 N–H and O–H groups in total. The van der Waals surface area contributed by atoms with Crippen molar-refractivity contribution in [3.63, 3.8) is 0 Å². The molecule has 3 aromatic rings. The van der Waals surface area contributed by atoms with E-state index < -0.39 is 11.9 Å². The molecule has 1 atom stereocenters. The van der Waals surface area contributed by atoms with E-state index >= 15 is 0 Å². The minimum absolute atomic E-state index is 0.0779. The minimum atomic E-state index is -0.650. The third-order valence-electron chi connectivity index (χ3n) is 7.30. The number of aryl methyl sites for hydroxylation is 1. The standard InChI is InChI=1S/C28H27Cl2FN4O2/c1-17(25-21(29)3-4-22(31)26(25)30)36-24-15-20(16-34-27(24)33)18-2-5-23-19(14-18)6-7-28(37-23)8-11-35(12-9-28)13-10-32/h2-5,14-17H,6-9,11-13H2,1H3,(H2,33,34)/t17-/m1/s1. The van der Waals surface area contributed by atoms with Crippen LogP contribution in [0.3, 0.4) is 0 Å². The fourth-order valence-electron chi connectivity index (χ4n) is 5.14. The summed E-state index contributed by atoms with van der Waals surface area (Å²) in [4.78, 5) is 6.50. The largest absolute Gasteiger partial charge is 0.487 e.